The molecule has 1 fully saturated rings. The Morgan fingerprint density at radius 3 is 2.20 bits per heavy atom. The van der Waals surface area contributed by atoms with Gasteiger partial charge in [0.15, 0.2) is 0 Å². The van der Waals surface area contributed by atoms with E-state index in [4.69, 9.17) is 0 Å². The Hall–Kier alpha value is 0. The quantitative estimate of drug-likeness (QED) is 0.561. The van der Waals surface area contributed by atoms with Crippen molar-refractivity contribution in [2.45, 2.75) is 52.9 Å². The van der Waals surface area contributed by atoms with Crippen molar-refractivity contribution in [1.29, 1.82) is 0 Å². The van der Waals surface area contributed by atoms with Crippen molar-refractivity contribution in [1.82, 2.24) is 0 Å². The summed E-state index contributed by atoms with van der Waals surface area (Å²) in [6.07, 6.45) is 7.24. The van der Waals surface area contributed by atoms with Crippen LogP contribution in [0.4, 0.5) is 0 Å². The van der Waals surface area contributed by atoms with E-state index in [1.807, 2.05) is 0 Å². The molecule has 0 aliphatic heterocycles. The van der Waals surface area contributed by atoms with Gasteiger partial charge in [0.25, 0.3) is 0 Å². The summed E-state index contributed by atoms with van der Waals surface area (Å²) in [5.74, 6) is 1.02. The van der Waals surface area contributed by atoms with Gasteiger partial charge in [-0.25, -0.2) is 0 Å². The molecule has 0 heteroatoms. The molecule has 0 radical (unpaired) electrons. The Morgan fingerprint density at radius 2 is 1.90 bits per heavy atom. The number of rotatable bonds is 3. The Balaban J connectivity index is 2.32. The normalized spacial score (nSPS) is 39.3. The molecule has 1 aliphatic carbocycles. The van der Waals surface area contributed by atoms with Crippen LogP contribution >= 0.6 is 0 Å². The molecule has 0 aromatic rings. The second-order valence-electron chi connectivity index (χ2n) is 4.12. The third-order valence-corrected chi connectivity index (χ3v) is 3.09. The van der Waals surface area contributed by atoms with Crippen molar-refractivity contribution >= 4 is 0 Å². The van der Waals surface area contributed by atoms with E-state index in [1.54, 1.807) is 0 Å². The van der Waals surface area contributed by atoms with Crippen LogP contribution in [-0.4, -0.2) is 0 Å². The summed E-state index contributed by atoms with van der Waals surface area (Å²) < 4.78 is 0. The van der Waals surface area contributed by atoms with Crippen LogP contribution in [0.1, 0.15) is 52.9 Å². The van der Waals surface area contributed by atoms with Crippen LogP contribution in [0.5, 0.6) is 0 Å². The molecule has 0 nitrogen and oxygen atoms in total. The second kappa shape index (κ2) is 2.94. The Kier molecular flexibility index (Phi) is 2.38. The third-order valence-electron chi connectivity index (χ3n) is 3.09. The summed E-state index contributed by atoms with van der Waals surface area (Å²) in [5.41, 5.74) is 0.786. The third kappa shape index (κ3) is 1.36. The van der Waals surface area contributed by atoms with Crippen LogP contribution in [0.2, 0.25) is 0 Å². The SMILES string of the molecule is CCCC1(CC)CC(C)C1. The Labute approximate surface area is 65.0 Å². The minimum Gasteiger partial charge on any atom is -0.0654 e. The van der Waals surface area contributed by atoms with Crippen molar-refractivity contribution in [3.05, 3.63) is 0 Å². The van der Waals surface area contributed by atoms with E-state index in [0.29, 0.717) is 0 Å². The highest BCUT2D eigenvalue weighted by atomic mass is 14.4. The first kappa shape index (κ1) is 8.10. The summed E-state index contributed by atoms with van der Waals surface area (Å²) in [6, 6.07) is 0. The minimum atomic E-state index is 0.786. The fourth-order valence-electron chi connectivity index (χ4n) is 2.62. The first-order chi connectivity index (χ1) is 4.72. The molecule has 0 atom stereocenters. The highest BCUT2D eigenvalue weighted by Crippen LogP contribution is 2.50. The van der Waals surface area contributed by atoms with Crippen molar-refractivity contribution < 1.29 is 0 Å². The van der Waals surface area contributed by atoms with E-state index in [2.05, 4.69) is 20.8 Å². The zero-order valence-corrected chi connectivity index (χ0v) is 7.61. The molecule has 0 aromatic heterocycles. The molecule has 10 heavy (non-hydrogen) atoms. The number of hydrogen-bond donors (Lipinski definition) is 0. The smallest absolute Gasteiger partial charge is 0.0295 e. The van der Waals surface area contributed by atoms with E-state index in [1.165, 1.54) is 32.1 Å². The fraction of sp³-hybridized carbons (Fsp3) is 1.00. The molecule has 1 rings (SSSR count). The van der Waals surface area contributed by atoms with Crippen molar-refractivity contribution in [2.75, 3.05) is 0 Å². The van der Waals surface area contributed by atoms with E-state index in [0.717, 1.165) is 11.3 Å². The van der Waals surface area contributed by atoms with Gasteiger partial charge in [-0.3, -0.25) is 0 Å². The molecule has 1 aliphatic rings. The van der Waals surface area contributed by atoms with E-state index >= 15 is 0 Å². The van der Waals surface area contributed by atoms with Gasteiger partial charge in [-0.2, -0.15) is 0 Å². The lowest BCUT2D eigenvalue weighted by Gasteiger charge is -2.46. The molecule has 0 amide bonds. The van der Waals surface area contributed by atoms with Crippen molar-refractivity contribution in [3.8, 4) is 0 Å². The van der Waals surface area contributed by atoms with Gasteiger partial charge in [-0.05, 0) is 30.6 Å². The van der Waals surface area contributed by atoms with Crippen molar-refractivity contribution in [3.63, 3.8) is 0 Å². The Morgan fingerprint density at radius 1 is 1.30 bits per heavy atom. The van der Waals surface area contributed by atoms with Gasteiger partial charge in [0.1, 0.15) is 0 Å². The standard InChI is InChI=1S/C10H20/c1-4-6-10(5-2)7-9(3)8-10/h9H,4-8H2,1-3H3. The maximum atomic E-state index is 2.38. The largest absolute Gasteiger partial charge is 0.0654 e. The lowest BCUT2D eigenvalue weighted by atomic mass is 9.59. The summed E-state index contributed by atoms with van der Waals surface area (Å²) in [4.78, 5) is 0. The van der Waals surface area contributed by atoms with Gasteiger partial charge >= 0.3 is 0 Å². The maximum Gasteiger partial charge on any atom is -0.0295 e. The lowest BCUT2D eigenvalue weighted by Crippen LogP contribution is -2.34. The molecular weight excluding hydrogens is 120 g/mol. The monoisotopic (exact) mass is 140 g/mol. The van der Waals surface area contributed by atoms with Gasteiger partial charge in [-0.1, -0.05) is 33.6 Å². The van der Waals surface area contributed by atoms with Crippen molar-refractivity contribution in [2.24, 2.45) is 11.3 Å². The highest BCUT2D eigenvalue weighted by molar-refractivity contribution is 4.90. The van der Waals surface area contributed by atoms with Crippen LogP contribution in [0.15, 0.2) is 0 Å². The predicted octanol–water partition coefficient (Wildman–Crippen LogP) is 3.61. The summed E-state index contributed by atoms with van der Waals surface area (Å²) in [6.45, 7) is 7.03. The average Bonchev–Trinajstić information content (AvgIpc) is 1.84. The predicted molar refractivity (Wildman–Crippen MR) is 46.0 cm³/mol. The molecule has 0 bridgehead atoms. The van der Waals surface area contributed by atoms with Gasteiger partial charge in [0, 0.05) is 0 Å². The zero-order chi connectivity index (χ0) is 7.61. The molecule has 0 saturated heterocycles. The van der Waals surface area contributed by atoms with Crippen LogP contribution < -0.4 is 0 Å². The van der Waals surface area contributed by atoms with Gasteiger partial charge < -0.3 is 0 Å². The molecule has 60 valence electrons. The Bertz CT molecular complexity index is 93.1. The van der Waals surface area contributed by atoms with E-state index in [-0.39, 0.29) is 0 Å². The van der Waals surface area contributed by atoms with Gasteiger partial charge in [0.05, 0.1) is 0 Å². The second-order valence-corrected chi connectivity index (χ2v) is 4.12. The molecular formula is C10H20. The van der Waals surface area contributed by atoms with Crippen LogP contribution in [-0.2, 0) is 0 Å². The van der Waals surface area contributed by atoms with E-state index < -0.39 is 0 Å². The summed E-state index contributed by atoms with van der Waals surface area (Å²) in [5, 5.41) is 0. The summed E-state index contributed by atoms with van der Waals surface area (Å²) in [7, 11) is 0. The first-order valence-electron chi connectivity index (χ1n) is 4.72. The van der Waals surface area contributed by atoms with Gasteiger partial charge in [0.2, 0.25) is 0 Å². The molecule has 1 saturated carbocycles. The van der Waals surface area contributed by atoms with Crippen LogP contribution in [0.25, 0.3) is 0 Å². The molecule has 0 N–H and O–H groups in total. The lowest BCUT2D eigenvalue weighted by molar-refractivity contribution is 0.0504. The topological polar surface area (TPSA) is 0 Å². The maximum absolute atomic E-state index is 2.38. The fourth-order valence-corrected chi connectivity index (χ4v) is 2.62. The van der Waals surface area contributed by atoms with Crippen LogP contribution in [0.3, 0.4) is 0 Å². The molecule has 0 heterocycles. The number of hydrogen-bond acceptors (Lipinski definition) is 0. The molecule has 0 unspecified atom stereocenters. The van der Waals surface area contributed by atoms with Crippen LogP contribution in [0, 0.1) is 11.3 Å². The highest BCUT2D eigenvalue weighted by Gasteiger charge is 2.38. The van der Waals surface area contributed by atoms with E-state index in [9.17, 15) is 0 Å². The zero-order valence-electron chi connectivity index (χ0n) is 7.61. The summed E-state index contributed by atoms with van der Waals surface area (Å²) >= 11 is 0. The molecule has 0 spiro atoms. The first-order valence-corrected chi connectivity index (χ1v) is 4.72. The average molecular weight is 140 g/mol. The molecule has 0 aromatic carbocycles. The van der Waals surface area contributed by atoms with Gasteiger partial charge in [-0.15, -0.1) is 0 Å². The minimum absolute atomic E-state index is 0.786.